The van der Waals surface area contributed by atoms with E-state index in [0.717, 1.165) is 46.3 Å². The second kappa shape index (κ2) is 15.6. The van der Waals surface area contributed by atoms with Crippen LogP contribution in [-0.2, 0) is 6.42 Å². The van der Waals surface area contributed by atoms with Gasteiger partial charge in [-0.3, -0.25) is 4.90 Å². The average Bonchev–Trinajstić information content (AvgIpc) is 3.00. The highest BCUT2D eigenvalue weighted by Gasteiger charge is 2.31. The number of nitrogens with zero attached hydrogens (tertiary/aromatic N) is 2. The first kappa shape index (κ1) is 28.9. The van der Waals surface area contributed by atoms with Crippen LogP contribution in [0.3, 0.4) is 0 Å². The van der Waals surface area contributed by atoms with E-state index in [1.54, 1.807) is 0 Å². The topological polar surface area (TPSA) is 52.7 Å². The molecule has 4 nitrogen and oxygen atoms in total. The molecule has 0 bridgehead atoms. The van der Waals surface area contributed by atoms with Crippen LogP contribution in [0.5, 0.6) is 0 Å². The van der Waals surface area contributed by atoms with E-state index in [2.05, 4.69) is 88.7 Å². The van der Waals surface area contributed by atoms with E-state index >= 15 is 0 Å². The molecule has 0 aromatic heterocycles. The third-order valence-electron chi connectivity index (χ3n) is 7.66. The van der Waals surface area contributed by atoms with Gasteiger partial charge in [0, 0.05) is 44.9 Å². The molecule has 1 saturated heterocycles. The van der Waals surface area contributed by atoms with Crippen LogP contribution in [-0.4, -0.2) is 56.4 Å². The molecular formula is C33H47N3O. The van der Waals surface area contributed by atoms with Crippen LogP contribution in [0, 0.1) is 0 Å². The van der Waals surface area contributed by atoms with Gasteiger partial charge >= 0.3 is 0 Å². The van der Waals surface area contributed by atoms with Gasteiger partial charge in [-0.1, -0.05) is 80.6 Å². The predicted molar refractivity (Wildman–Crippen MR) is 159 cm³/mol. The van der Waals surface area contributed by atoms with E-state index < -0.39 is 0 Å². The maximum Gasteiger partial charge on any atom is 0.0367 e. The molecule has 2 atom stereocenters. The van der Waals surface area contributed by atoms with Gasteiger partial charge in [0.25, 0.3) is 0 Å². The smallest absolute Gasteiger partial charge is 0.0367 e. The Morgan fingerprint density at radius 1 is 0.757 bits per heavy atom. The number of benzene rings is 3. The number of aryl methyl sites for hydroxylation is 1. The van der Waals surface area contributed by atoms with Crippen LogP contribution in [0.4, 0.5) is 5.69 Å². The van der Waals surface area contributed by atoms with Crippen molar-refractivity contribution >= 4 is 5.69 Å². The SMILES string of the molecule is CC.CO.NCCCCN1CCN(c2ccc(C3c4ccccc4CCC3c3ccccc3)cc2)CC1. The van der Waals surface area contributed by atoms with Crippen molar-refractivity contribution in [3.63, 3.8) is 0 Å². The third-order valence-corrected chi connectivity index (χ3v) is 7.66. The van der Waals surface area contributed by atoms with Gasteiger partial charge < -0.3 is 15.7 Å². The summed E-state index contributed by atoms with van der Waals surface area (Å²) in [5.41, 5.74) is 12.9. The number of aliphatic hydroxyl groups excluding tert-OH is 1. The lowest BCUT2D eigenvalue weighted by Crippen LogP contribution is -2.46. The summed E-state index contributed by atoms with van der Waals surface area (Å²) in [7, 11) is 1.00. The number of hydrogen-bond acceptors (Lipinski definition) is 4. The zero-order valence-electron chi connectivity index (χ0n) is 23.2. The van der Waals surface area contributed by atoms with Crippen LogP contribution >= 0.6 is 0 Å². The first-order valence-electron chi connectivity index (χ1n) is 14.2. The fraction of sp³-hybridized carbons (Fsp3) is 0.455. The Morgan fingerprint density at radius 2 is 1.41 bits per heavy atom. The molecule has 0 saturated carbocycles. The first-order valence-corrected chi connectivity index (χ1v) is 14.2. The summed E-state index contributed by atoms with van der Waals surface area (Å²) >= 11 is 0. The van der Waals surface area contributed by atoms with E-state index in [1.807, 2.05) is 13.8 Å². The van der Waals surface area contributed by atoms with E-state index in [4.69, 9.17) is 10.8 Å². The molecule has 1 aliphatic heterocycles. The van der Waals surface area contributed by atoms with Gasteiger partial charge in [0.05, 0.1) is 0 Å². The summed E-state index contributed by atoms with van der Waals surface area (Å²) in [5.74, 6) is 0.954. The lowest BCUT2D eigenvalue weighted by Gasteiger charge is -2.37. The Bertz CT molecular complexity index is 1010. The molecule has 3 aromatic rings. The lowest BCUT2D eigenvalue weighted by molar-refractivity contribution is 0.253. The van der Waals surface area contributed by atoms with Crippen LogP contribution in [0.15, 0.2) is 78.9 Å². The standard InChI is InChI=1S/C30H37N3.C2H6.CH4O/c31-18-6-7-19-32-20-22-33(23-21-32)27-15-12-26(13-16-27)30-28-11-5-4-10-25(28)14-17-29(30)24-8-2-1-3-9-24;2*1-2/h1-5,8-13,15-16,29-30H,6-7,14,17-23,31H2;1-2H3;2H,1H3. The molecular weight excluding hydrogens is 454 g/mol. The third kappa shape index (κ3) is 7.44. The van der Waals surface area contributed by atoms with Gasteiger partial charge in [-0.25, -0.2) is 0 Å². The zero-order chi connectivity index (χ0) is 26.5. The summed E-state index contributed by atoms with van der Waals surface area (Å²) in [5, 5.41) is 7.00. The molecule has 2 unspecified atom stereocenters. The number of nitrogens with two attached hydrogens (primary N) is 1. The molecule has 1 aliphatic carbocycles. The van der Waals surface area contributed by atoms with Crippen molar-refractivity contribution in [1.82, 2.24) is 4.90 Å². The molecule has 0 radical (unpaired) electrons. The summed E-state index contributed by atoms with van der Waals surface area (Å²) in [6, 6.07) is 29.7. The average molecular weight is 502 g/mol. The number of fused-ring (bicyclic) bond motifs is 1. The molecule has 2 aliphatic rings. The van der Waals surface area contributed by atoms with Gasteiger partial charge in [0.15, 0.2) is 0 Å². The number of anilines is 1. The minimum atomic E-state index is 0.422. The van der Waals surface area contributed by atoms with Crippen LogP contribution in [0.1, 0.15) is 67.2 Å². The van der Waals surface area contributed by atoms with Gasteiger partial charge in [0.2, 0.25) is 0 Å². The lowest BCUT2D eigenvalue weighted by atomic mass is 9.69. The second-order valence-electron chi connectivity index (χ2n) is 9.65. The largest absolute Gasteiger partial charge is 0.400 e. The Morgan fingerprint density at radius 3 is 2.08 bits per heavy atom. The number of hydrogen-bond donors (Lipinski definition) is 2. The van der Waals surface area contributed by atoms with Crippen molar-refractivity contribution in [2.75, 3.05) is 51.3 Å². The predicted octanol–water partition coefficient (Wildman–Crippen LogP) is 6.04. The fourth-order valence-electron chi connectivity index (χ4n) is 5.83. The number of piperazine rings is 1. The Labute approximate surface area is 225 Å². The zero-order valence-corrected chi connectivity index (χ0v) is 23.2. The normalized spacial score (nSPS) is 19.1. The minimum absolute atomic E-state index is 0.422. The van der Waals surface area contributed by atoms with E-state index in [9.17, 15) is 0 Å². The maximum absolute atomic E-state index is 7.00. The highest BCUT2D eigenvalue weighted by Crippen LogP contribution is 2.46. The molecule has 0 spiro atoms. The van der Waals surface area contributed by atoms with Gasteiger partial charge in [-0.05, 0) is 79.1 Å². The monoisotopic (exact) mass is 501 g/mol. The van der Waals surface area contributed by atoms with Crippen molar-refractivity contribution in [1.29, 1.82) is 0 Å². The first-order chi connectivity index (χ1) is 18.3. The molecule has 1 heterocycles. The van der Waals surface area contributed by atoms with Crippen LogP contribution in [0.2, 0.25) is 0 Å². The summed E-state index contributed by atoms with van der Waals surface area (Å²) < 4.78 is 0. The van der Waals surface area contributed by atoms with Crippen molar-refractivity contribution in [3.05, 3.63) is 101 Å². The Hall–Kier alpha value is -2.66. The van der Waals surface area contributed by atoms with Crippen molar-refractivity contribution in [3.8, 4) is 0 Å². The Balaban J connectivity index is 0.000000907. The van der Waals surface area contributed by atoms with Gasteiger partial charge in [0.1, 0.15) is 0 Å². The van der Waals surface area contributed by atoms with Crippen LogP contribution in [0.25, 0.3) is 0 Å². The molecule has 3 N–H and O–H groups in total. The minimum Gasteiger partial charge on any atom is -0.400 e. The summed E-state index contributed by atoms with van der Waals surface area (Å²) in [4.78, 5) is 5.14. The van der Waals surface area contributed by atoms with Crippen molar-refractivity contribution in [2.45, 2.75) is 51.4 Å². The molecule has 0 amide bonds. The summed E-state index contributed by atoms with van der Waals surface area (Å²) in [6.07, 6.45) is 4.73. The second-order valence-corrected chi connectivity index (χ2v) is 9.65. The molecule has 200 valence electrons. The van der Waals surface area contributed by atoms with Crippen molar-refractivity contribution < 1.29 is 5.11 Å². The van der Waals surface area contributed by atoms with Crippen LogP contribution < -0.4 is 10.6 Å². The van der Waals surface area contributed by atoms with Crippen molar-refractivity contribution in [2.24, 2.45) is 5.73 Å². The molecule has 5 rings (SSSR count). The van der Waals surface area contributed by atoms with E-state index in [0.29, 0.717) is 11.8 Å². The molecule has 3 aromatic carbocycles. The number of rotatable bonds is 7. The number of unbranched alkanes of at least 4 members (excludes halogenated alkanes) is 1. The number of aliphatic hydroxyl groups is 1. The molecule has 37 heavy (non-hydrogen) atoms. The maximum atomic E-state index is 7.00. The van der Waals surface area contributed by atoms with E-state index in [-0.39, 0.29) is 0 Å². The summed E-state index contributed by atoms with van der Waals surface area (Å²) in [6.45, 7) is 10.5. The molecule has 1 fully saturated rings. The van der Waals surface area contributed by atoms with Gasteiger partial charge in [-0.2, -0.15) is 0 Å². The van der Waals surface area contributed by atoms with Gasteiger partial charge in [-0.15, -0.1) is 0 Å². The quantitative estimate of drug-likeness (QED) is 0.387. The Kier molecular flexibility index (Phi) is 12.2. The fourth-order valence-corrected chi connectivity index (χ4v) is 5.83. The highest BCUT2D eigenvalue weighted by molar-refractivity contribution is 5.52. The van der Waals surface area contributed by atoms with E-state index in [1.165, 1.54) is 53.7 Å². The molecule has 4 heteroatoms. The highest BCUT2D eigenvalue weighted by atomic mass is 16.2.